The first kappa shape index (κ1) is 23.4. The molecule has 5 aromatic rings. The van der Waals surface area contributed by atoms with Crippen molar-refractivity contribution in [3.8, 4) is 33.9 Å². The van der Waals surface area contributed by atoms with Gasteiger partial charge < -0.3 is 14.8 Å². The van der Waals surface area contributed by atoms with Crippen LogP contribution in [-0.2, 0) is 4.79 Å². The molecule has 0 aliphatic heterocycles. The average Bonchev–Trinajstić information content (AvgIpc) is 3.34. The molecule has 36 heavy (non-hydrogen) atoms. The molecule has 0 saturated heterocycles. The Morgan fingerprint density at radius 1 is 0.861 bits per heavy atom. The third-order valence-electron chi connectivity index (χ3n) is 5.54. The molecule has 0 radical (unpaired) electrons. The number of thioether (sulfide) groups is 1. The van der Waals surface area contributed by atoms with E-state index < -0.39 is 0 Å². The summed E-state index contributed by atoms with van der Waals surface area (Å²) in [5, 5.41) is 16.5. The van der Waals surface area contributed by atoms with Gasteiger partial charge in [0, 0.05) is 11.6 Å². The number of rotatable bonds is 8. The zero-order valence-electron chi connectivity index (χ0n) is 19.7. The highest BCUT2D eigenvalue weighted by Crippen LogP contribution is 2.29. The molecule has 0 spiro atoms. The molecule has 0 bridgehead atoms. The summed E-state index contributed by atoms with van der Waals surface area (Å²) < 4.78 is 12.2. The quantitative estimate of drug-likeness (QED) is 0.295. The van der Waals surface area contributed by atoms with E-state index in [-0.39, 0.29) is 11.7 Å². The minimum absolute atomic E-state index is 0.124. The molecule has 2 heterocycles. The topological polar surface area (TPSA) is 90.6 Å². The Kier molecular flexibility index (Phi) is 6.81. The Balaban J connectivity index is 1.31. The van der Waals surface area contributed by atoms with Crippen molar-refractivity contribution >= 4 is 29.0 Å². The standard InChI is InChI=1S/C27H23N5O3S/c1-34-21-12-14-24(35-2)23(16-21)28-26(33)17-36-27-30-29-25-15-13-22(31-32(25)27)20-10-8-19(9-11-20)18-6-4-3-5-7-18/h3-16H,17H2,1-2H3,(H,28,33). The van der Waals surface area contributed by atoms with E-state index in [4.69, 9.17) is 14.6 Å². The van der Waals surface area contributed by atoms with Crippen LogP contribution in [0.1, 0.15) is 0 Å². The molecule has 5 rings (SSSR count). The number of carbonyl (C=O) groups is 1. The molecule has 0 unspecified atom stereocenters. The van der Waals surface area contributed by atoms with Crippen LogP contribution < -0.4 is 14.8 Å². The molecule has 0 atom stereocenters. The number of anilines is 1. The fourth-order valence-corrected chi connectivity index (χ4v) is 4.39. The van der Waals surface area contributed by atoms with Crippen LogP contribution in [0.25, 0.3) is 28.0 Å². The van der Waals surface area contributed by atoms with Gasteiger partial charge in [0.1, 0.15) is 11.5 Å². The maximum Gasteiger partial charge on any atom is 0.234 e. The van der Waals surface area contributed by atoms with Crippen LogP contribution in [0, 0.1) is 0 Å². The van der Waals surface area contributed by atoms with Gasteiger partial charge in [0.05, 0.1) is 31.4 Å². The maximum absolute atomic E-state index is 12.6. The minimum Gasteiger partial charge on any atom is -0.497 e. The zero-order valence-corrected chi connectivity index (χ0v) is 20.5. The lowest BCUT2D eigenvalue weighted by atomic mass is 10.0. The lowest BCUT2D eigenvalue weighted by molar-refractivity contribution is -0.113. The first-order valence-corrected chi connectivity index (χ1v) is 12.2. The fraction of sp³-hybridized carbons (Fsp3) is 0.111. The van der Waals surface area contributed by atoms with Gasteiger partial charge in [0.2, 0.25) is 11.1 Å². The lowest BCUT2D eigenvalue weighted by Crippen LogP contribution is -2.15. The molecule has 8 nitrogen and oxygen atoms in total. The van der Waals surface area contributed by atoms with Crippen molar-refractivity contribution in [2.75, 3.05) is 25.3 Å². The molecule has 9 heteroatoms. The zero-order chi connectivity index (χ0) is 24.9. The summed E-state index contributed by atoms with van der Waals surface area (Å²) >= 11 is 1.25. The highest BCUT2D eigenvalue weighted by molar-refractivity contribution is 7.99. The van der Waals surface area contributed by atoms with Crippen LogP contribution in [0.4, 0.5) is 5.69 Å². The van der Waals surface area contributed by atoms with E-state index in [0.717, 1.165) is 22.4 Å². The summed E-state index contributed by atoms with van der Waals surface area (Å²) in [6.45, 7) is 0. The van der Waals surface area contributed by atoms with Crippen molar-refractivity contribution in [3.63, 3.8) is 0 Å². The summed E-state index contributed by atoms with van der Waals surface area (Å²) in [6.07, 6.45) is 0. The summed E-state index contributed by atoms with van der Waals surface area (Å²) in [5.74, 6) is 1.08. The molecule has 1 N–H and O–H groups in total. The Labute approximate surface area is 212 Å². The smallest absolute Gasteiger partial charge is 0.234 e. The van der Waals surface area contributed by atoms with Crippen molar-refractivity contribution in [3.05, 3.63) is 84.9 Å². The maximum atomic E-state index is 12.6. The number of nitrogens with one attached hydrogen (secondary N) is 1. The molecule has 0 aliphatic rings. The van der Waals surface area contributed by atoms with Crippen LogP contribution in [0.2, 0.25) is 0 Å². The number of hydrogen-bond donors (Lipinski definition) is 1. The number of methoxy groups -OCH3 is 2. The number of hydrogen-bond acceptors (Lipinski definition) is 7. The van der Waals surface area contributed by atoms with E-state index in [1.54, 1.807) is 36.9 Å². The number of benzene rings is 3. The van der Waals surface area contributed by atoms with E-state index in [2.05, 4.69) is 39.8 Å². The van der Waals surface area contributed by atoms with Gasteiger partial charge in [-0.3, -0.25) is 4.79 Å². The molecule has 2 aromatic heterocycles. The van der Waals surface area contributed by atoms with Crippen molar-refractivity contribution < 1.29 is 14.3 Å². The van der Waals surface area contributed by atoms with Crippen LogP contribution >= 0.6 is 11.8 Å². The van der Waals surface area contributed by atoms with Gasteiger partial charge in [-0.2, -0.15) is 9.61 Å². The second kappa shape index (κ2) is 10.5. The van der Waals surface area contributed by atoms with Gasteiger partial charge in [0.15, 0.2) is 5.65 Å². The van der Waals surface area contributed by atoms with Gasteiger partial charge >= 0.3 is 0 Å². The second-order valence-electron chi connectivity index (χ2n) is 7.82. The van der Waals surface area contributed by atoms with Crippen molar-refractivity contribution in [1.29, 1.82) is 0 Å². The second-order valence-corrected chi connectivity index (χ2v) is 8.76. The lowest BCUT2D eigenvalue weighted by Gasteiger charge is -2.11. The van der Waals surface area contributed by atoms with Crippen molar-refractivity contribution in [2.45, 2.75) is 5.16 Å². The number of fused-ring (bicyclic) bond motifs is 1. The van der Waals surface area contributed by atoms with Crippen LogP contribution in [0.15, 0.2) is 90.1 Å². The van der Waals surface area contributed by atoms with Gasteiger partial charge in [-0.25, -0.2) is 0 Å². The van der Waals surface area contributed by atoms with E-state index in [1.807, 2.05) is 42.5 Å². The number of ether oxygens (including phenoxy) is 2. The highest BCUT2D eigenvalue weighted by atomic mass is 32.2. The third-order valence-corrected chi connectivity index (χ3v) is 6.45. The monoisotopic (exact) mass is 497 g/mol. The molecule has 1 amide bonds. The van der Waals surface area contributed by atoms with E-state index in [0.29, 0.717) is 28.0 Å². The summed E-state index contributed by atoms with van der Waals surface area (Å²) in [7, 11) is 3.12. The number of carbonyl (C=O) groups excluding carboxylic acids is 1. The van der Waals surface area contributed by atoms with E-state index in [9.17, 15) is 4.79 Å². The van der Waals surface area contributed by atoms with Gasteiger partial charge in [0.25, 0.3) is 0 Å². The predicted octanol–water partition coefficient (Wildman–Crippen LogP) is 5.21. The summed E-state index contributed by atoms with van der Waals surface area (Å²) in [5.41, 5.74) is 5.21. The van der Waals surface area contributed by atoms with Gasteiger partial charge in [-0.05, 0) is 35.4 Å². The molecule has 0 saturated carbocycles. The van der Waals surface area contributed by atoms with Gasteiger partial charge in [-0.1, -0.05) is 66.4 Å². The van der Waals surface area contributed by atoms with Gasteiger partial charge in [-0.15, -0.1) is 10.2 Å². The van der Waals surface area contributed by atoms with Crippen molar-refractivity contribution in [1.82, 2.24) is 19.8 Å². The predicted molar refractivity (Wildman–Crippen MR) is 141 cm³/mol. The minimum atomic E-state index is -0.212. The molecular formula is C27H23N5O3S. The largest absolute Gasteiger partial charge is 0.497 e. The van der Waals surface area contributed by atoms with E-state index in [1.165, 1.54) is 11.8 Å². The van der Waals surface area contributed by atoms with Crippen molar-refractivity contribution in [2.24, 2.45) is 0 Å². The van der Waals surface area contributed by atoms with E-state index >= 15 is 0 Å². The van der Waals surface area contributed by atoms with Crippen LogP contribution in [0.3, 0.4) is 0 Å². The molecule has 0 fully saturated rings. The van der Waals surface area contributed by atoms with Crippen LogP contribution in [0.5, 0.6) is 11.5 Å². The molecular weight excluding hydrogens is 474 g/mol. The summed E-state index contributed by atoms with van der Waals surface area (Å²) in [6, 6.07) is 27.5. The highest BCUT2D eigenvalue weighted by Gasteiger charge is 2.14. The SMILES string of the molecule is COc1ccc(OC)c(NC(=O)CSc2nnc3ccc(-c4ccc(-c5ccccc5)cc4)nn23)c1. The Morgan fingerprint density at radius 3 is 2.36 bits per heavy atom. The molecule has 180 valence electrons. The number of aromatic nitrogens is 4. The molecule has 0 aliphatic carbocycles. The first-order valence-electron chi connectivity index (χ1n) is 11.2. The third kappa shape index (κ3) is 5.01. The Morgan fingerprint density at radius 2 is 1.61 bits per heavy atom. The Bertz CT molecular complexity index is 1500. The normalized spacial score (nSPS) is 10.8. The summed E-state index contributed by atoms with van der Waals surface area (Å²) in [4.78, 5) is 12.6. The first-order chi connectivity index (χ1) is 17.6. The molecule has 3 aromatic carbocycles. The average molecular weight is 498 g/mol. The number of amides is 1. The van der Waals surface area contributed by atoms with Crippen LogP contribution in [-0.4, -0.2) is 45.7 Å². The number of nitrogens with zero attached hydrogens (tertiary/aromatic N) is 4. The fourth-order valence-electron chi connectivity index (χ4n) is 3.71. The Hall–Kier alpha value is -4.37.